The average Bonchev–Trinajstić information content (AvgIpc) is 2.71. The van der Waals surface area contributed by atoms with Crippen LogP contribution in [-0.2, 0) is 19.1 Å². The third-order valence-corrected chi connectivity index (χ3v) is 6.44. The molecule has 5 N–H and O–H groups in total. The first-order chi connectivity index (χ1) is 15.4. The number of aromatic nitrogens is 2. The fraction of sp³-hybridized carbons (Fsp3) is 0.667. The highest BCUT2D eigenvalue weighted by molar-refractivity contribution is 5.87. The van der Waals surface area contributed by atoms with Crippen LogP contribution in [0.15, 0.2) is 17.1 Å². The number of hydrogen-bond donors (Lipinski definition) is 4. The van der Waals surface area contributed by atoms with Crippen LogP contribution in [0, 0.1) is 0 Å². The number of hydrogen-bond acceptors (Lipinski definition) is 8. The van der Waals surface area contributed by atoms with Gasteiger partial charge in [0.15, 0.2) is 0 Å². The summed E-state index contributed by atoms with van der Waals surface area (Å²) >= 11 is 0. The van der Waals surface area contributed by atoms with Gasteiger partial charge in [0.1, 0.15) is 11.9 Å². The molecule has 0 aromatic carbocycles. The quantitative estimate of drug-likeness (QED) is 0.421. The number of aliphatic carboxylic acids is 1. The average molecular weight is 466 g/mol. The number of carboxylic acids is 1. The van der Waals surface area contributed by atoms with Gasteiger partial charge in [-0.15, -0.1) is 0 Å². The van der Waals surface area contributed by atoms with Crippen LogP contribution in [0.1, 0.15) is 52.0 Å². The Balaban J connectivity index is 1.66. The first-order valence-electron chi connectivity index (χ1n) is 10.9. The number of carbonyl (C=O) groups is 3. The summed E-state index contributed by atoms with van der Waals surface area (Å²) in [5, 5.41) is 22.7. The Morgan fingerprint density at radius 1 is 1.36 bits per heavy atom. The van der Waals surface area contributed by atoms with Crippen LogP contribution >= 0.6 is 0 Å². The summed E-state index contributed by atoms with van der Waals surface area (Å²) in [7, 11) is 0. The lowest BCUT2D eigenvalue weighted by atomic mass is 9.75. The number of aliphatic hydroxyl groups is 1. The normalized spacial score (nSPS) is 25.4. The number of nitrogen functional groups attached to an aromatic ring is 1. The largest absolute Gasteiger partial charge is 0.481 e. The van der Waals surface area contributed by atoms with Gasteiger partial charge in [0.2, 0.25) is 11.8 Å². The number of rotatable bonds is 6. The minimum Gasteiger partial charge on any atom is -0.481 e. The van der Waals surface area contributed by atoms with Gasteiger partial charge in [-0.2, -0.15) is 4.98 Å². The van der Waals surface area contributed by atoms with E-state index in [1.54, 1.807) is 11.8 Å². The van der Waals surface area contributed by atoms with Crippen LogP contribution in [0.3, 0.4) is 0 Å². The second-order valence-electron chi connectivity index (χ2n) is 9.10. The molecule has 3 atom stereocenters. The fourth-order valence-corrected chi connectivity index (χ4v) is 4.75. The van der Waals surface area contributed by atoms with Crippen LogP contribution in [0.2, 0.25) is 0 Å². The zero-order valence-corrected chi connectivity index (χ0v) is 18.8. The molecule has 12 heteroatoms. The highest BCUT2D eigenvalue weighted by atomic mass is 16.5. The Morgan fingerprint density at radius 2 is 2.03 bits per heavy atom. The van der Waals surface area contributed by atoms with Crippen molar-refractivity contribution in [3.8, 4) is 0 Å². The molecule has 1 spiro atoms. The molecule has 1 aromatic rings. The Hall–Kier alpha value is -2.99. The first-order valence-corrected chi connectivity index (χ1v) is 10.9. The number of amides is 2. The Kier molecular flexibility index (Phi) is 7.08. The molecule has 3 heterocycles. The zero-order valence-electron chi connectivity index (χ0n) is 18.8. The van der Waals surface area contributed by atoms with Gasteiger partial charge in [-0.3, -0.25) is 19.0 Å². The van der Waals surface area contributed by atoms with Crippen molar-refractivity contribution < 1.29 is 29.3 Å². The van der Waals surface area contributed by atoms with Crippen LogP contribution in [-0.4, -0.2) is 79.4 Å². The number of carboxylic acid groups (broad SMARTS) is 1. The maximum absolute atomic E-state index is 12.9. The summed E-state index contributed by atoms with van der Waals surface area (Å²) < 4.78 is 7.48. The summed E-state index contributed by atoms with van der Waals surface area (Å²) in [4.78, 5) is 52.9. The van der Waals surface area contributed by atoms with E-state index in [9.17, 15) is 24.3 Å². The second-order valence-corrected chi connectivity index (χ2v) is 9.10. The second kappa shape index (κ2) is 9.48. The Labute approximate surface area is 190 Å². The number of nitrogens with two attached hydrogens (primary N) is 1. The van der Waals surface area contributed by atoms with Gasteiger partial charge in [-0.1, -0.05) is 0 Å². The van der Waals surface area contributed by atoms with Crippen LogP contribution in [0.5, 0.6) is 0 Å². The fourth-order valence-electron chi connectivity index (χ4n) is 4.75. The maximum atomic E-state index is 12.9. The third-order valence-electron chi connectivity index (χ3n) is 6.44. The molecule has 2 fully saturated rings. The molecule has 33 heavy (non-hydrogen) atoms. The molecular weight excluding hydrogens is 434 g/mol. The van der Waals surface area contributed by atoms with E-state index in [2.05, 4.69) is 10.3 Å². The molecule has 0 saturated carbocycles. The number of nitrogens with zero attached hydrogens (tertiary/aromatic N) is 3. The van der Waals surface area contributed by atoms with E-state index >= 15 is 0 Å². The van der Waals surface area contributed by atoms with Gasteiger partial charge in [0.25, 0.3) is 0 Å². The van der Waals surface area contributed by atoms with Crippen LogP contribution < -0.4 is 16.7 Å². The van der Waals surface area contributed by atoms with E-state index < -0.39 is 40.9 Å². The molecule has 2 aliphatic rings. The minimum absolute atomic E-state index is 0.00660. The molecule has 0 bridgehead atoms. The van der Waals surface area contributed by atoms with Gasteiger partial charge in [-0.25, -0.2) is 4.79 Å². The lowest BCUT2D eigenvalue weighted by Gasteiger charge is -2.51. The van der Waals surface area contributed by atoms with Gasteiger partial charge < -0.3 is 30.9 Å². The summed E-state index contributed by atoms with van der Waals surface area (Å²) in [6.07, 6.45) is 2.45. The van der Waals surface area contributed by atoms with Gasteiger partial charge in [-0.05, 0) is 32.3 Å². The Morgan fingerprint density at radius 3 is 2.58 bits per heavy atom. The van der Waals surface area contributed by atoms with Crippen molar-refractivity contribution in [1.29, 1.82) is 0 Å². The third kappa shape index (κ3) is 5.69. The molecule has 12 nitrogen and oxygen atoms in total. The first kappa shape index (κ1) is 24.6. The number of likely N-dealkylation sites (tertiary alicyclic amines) is 1. The molecular formula is C21H31N5O7. The van der Waals surface area contributed by atoms with Crippen molar-refractivity contribution in [3.05, 3.63) is 22.7 Å². The van der Waals surface area contributed by atoms with E-state index in [4.69, 9.17) is 15.6 Å². The number of piperidine rings is 1. The van der Waals surface area contributed by atoms with Crippen LogP contribution in [0.25, 0.3) is 0 Å². The van der Waals surface area contributed by atoms with E-state index in [0.717, 1.165) is 0 Å². The molecule has 182 valence electrons. The van der Waals surface area contributed by atoms with E-state index in [1.165, 1.54) is 23.8 Å². The summed E-state index contributed by atoms with van der Waals surface area (Å²) in [6, 6.07) is -0.0530. The maximum Gasteiger partial charge on any atom is 0.349 e. The van der Waals surface area contributed by atoms with Crippen molar-refractivity contribution in [2.75, 3.05) is 25.4 Å². The smallest absolute Gasteiger partial charge is 0.349 e. The number of carbonyl (C=O) groups excluding carboxylic acids is 2. The molecule has 1 aromatic heterocycles. The Bertz CT molecular complexity index is 968. The van der Waals surface area contributed by atoms with Crippen molar-refractivity contribution in [2.45, 2.75) is 69.2 Å². The molecule has 0 radical (unpaired) electrons. The molecule has 2 aliphatic heterocycles. The van der Waals surface area contributed by atoms with Gasteiger partial charge in [0, 0.05) is 39.1 Å². The minimum atomic E-state index is -1.26. The van der Waals surface area contributed by atoms with Crippen molar-refractivity contribution in [3.63, 3.8) is 0 Å². The monoisotopic (exact) mass is 465 g/mol. The molecule has 2 amide bonds. The predicted molar refractivity (Wildman–Crippen MR) is 116 cm³/mol. The predicted octanol–water partition coefficient (Wildman–Crippen LogP) is -0.731. The van der Waals surface area contributed by atoms with E-state index in [1.807, 2.05) is 0 Å². The van der Waals surface area contributed by atoms with Crippen molar-refractivity contribution in [1.82, 2.24) is 19.8 Å². The summed E-state index contributed by atoms with van der Waals surface area (Å²) in [5.41, 5.74) is 3.07. The number of ether oxygens (including phenoxy) is 1. The lowest BCUT2D eigenvalue weighted by Crippen LogP contribution is -2.60. The standard InChI is InChI=1S/C21H31N5O7/c1-13(27)23-14(3-4-17(28)29)18(30)25-9-6-21(7-10-25)12-20(2,32)15(11-33-21)26-8-5-16(22)24-19(26)31/h5,8,14-15,32H,3-4,6-7,9-12H2,1-2H3,(H,23,27)(H,28,29)(H2,22,24,31)/t14-,15+,20+/m0/s1. The van der Waals surface area contributed by atoms with Gasteiger partial charge >= 0.3 is 11.7 Å². The molecule has 3 rings (SSSR count). The van der Waals surface area contributed by atoms with Crippen molar-refractivity contribution >= 4 is 23.6 Å². The molecule has 0 unspecified atom stereocenters. The SMILES string of the molecule is CC(=O)N[C@@H](CCC(=O)O)C(=O)N1CCC2(CC1)C[C@@](C)(O)[C@H](n1ccc(N)nc1=O)CO2. The van der Waals surface area contributed by atoms with E-state index in [0.29, 0.717) is 25.9 Å². The highest BCUT2D eigenvalue weighted by Crippen LogP contribution is 2.43. The molecule has 0 aliphatic carbocycles. The van der Waals surface area contributed by atoms with E-state index in [-0.39, 0.29) is 37.6 Å². The van der Waals surface area contributed by atoms with Crippen LogP contribution in [0.4, 0.5) is 5.82 Å². The zero-order chi connectivity index (χ0) is 24.4. The summed E-state index contributed by atoms with van der Waals surface area (Å²) in [6.45, 7) is 3.71. The highest BCUT2D eigenvalue weighted by Gasteiger charge is 2.50. The van der Waals surface area contributed by atoms with Crippen molar-refractivity contribution in [2.24, 2.45) is 0 Å². The number of anilines is 1. The summed E-state index contributed by atoms with van der Waals surface area (Å²) in [5.74, 6) is -1.68. The van der Waals surface area contributed by atoms with Gasteiger partial charge in [0.05, 0.1) is 23.9 Å². The molecule has 2 saturated heterocycles. The topological polar surface area (TPSA) is 177 Å². The lowest BCUT2D eigenvalue weighted by molar-refractivity contribution is -0.198. The number of nitrogens with one attached hydrogen (secondary N) is 1.